The number of amides is 1. The second-order valence-electron chi connectivity index (χ2n) is 2.99. The van der Waals surface area contributed by atoms with Crippen molar-refractivity contribution in [1.29, 1.82) is 0 Å². The van der Waals surface area contributed by atoms with Gasteiger partial charge in [0.25, 0.3) is 0 Å². The number of carboxylic acid groups (broad SMARTS) is 1. The first-order chi connectivity index (χ1) is 6.22. The van der Waals surface area contributed by atoms with Gasteiger partial charge in [0.1, 0.15) is 0 Å². The van der Waals surface area contributed by atoms with E-state index >= 15 is 0 Å². The minimum absolute atomic E-state index is 0. The molecule has 0 saturated heterocycles. The Morgan fingerprint density at radius 2 is 2.07 bits per heavy atom. The summed E-state index contributed by atoms with van der Waals surface area (Å²) in [5.74, 6) is -0.986. The molecule has 4 nitrogen and oxygen atoms in total. The molecule has 0 aliphatic heterocycles. The van der Waals surface area contributed by atoms with Crippen LogP contribution in [0.25, 0.3) is 0 Å². The summed E-state index contributed by atoms with van der Waals surface area (Å²) in [6.07, 6.45) is 5.97. The van der Waals surface area contributed by atoms with Gasteiger partial charge in [0.05, 0.1) is 6.04 Å². The van der Waals surface area contributed by atoms with Crippen molar-refractivity contribution in [1.82, 2.24) is 5.32 Å². The van der Waals surface area contributed by atoms with E-state index in [4.69, 9.17) is 5.11 Å². The largest absolute Gasteiger partial charge is 0.520 e. The van der Waals surface area contributed by atoms with Crippen LogP contribution in [0.2, 0.25) is 0 Å². The summed E-state index contributed by atoms with van der Waals surface area (Å²) in [7, 11) is 0. The first-order valence-electron chi connectivity index (χ1n) is 4.57. The molecule has 0 aromatic rings. The van der Waals surface area contributed by atoms with Crippen LogP contribution in [-0.2, 0) is 9.59 Å². The molecule has 88 valence electrons. The van der Waals surface area contributed by atoms with Gasteiger partial charge in [-0.2, -0.15) is 6.41 Å². The number of aliphatic carboxylic acids is 1. The number of carbonyl (C=O) groups is 1. The van der Waals surface area contributed by atoms with Crippen molar-refractivity contribution in [3.05, 3.63) is 0 Å². The van der Waals surface area contributed by atoms with Crippen LogP contribution in [0.4, 0.5) is 0 Å². The van der Waals surface area contributed by atoms with E-state index in [9.17, 15) is 9.59 Å². The minimum Gasteiger partial charge on any atom is -0.520 e. The molecule has 0 aromatic carbocycles. The van der Waals surface area contributed by atoms with Gasteiger partial charge in [-0.15, -0.1) is 0 Å². The molecule has 0 unspecified atom stereocenters. The number of unbranched alkanes of at least 4 members (excludes halogenated alkanes) is 3. The Hall–Kier alpha value is -2.06. The van der Waals surface area contributed by atoms with Crippen molar-refractivity contribution < 1.29 is 14.7 Å². The predicted molar refractivity (Wildman–Crippen MR) is 49.0 cm³/mol. The summed E-state index contributed by atoms with van der Waals surface area (Å²) < 4.78 is 0. The maximum absolute atomic E-state index is 10.5. The zero-order chi connectivity index (χ0) is 10.1. The van der Waals surface area contributed by atoms with Crippen LogP contribution in [0.3, 0.4) is 0 Å². The van der Waals surface area contributed by atoms with Crippen LogP contribution < -0.4 is 5.32 Å². The van der Waals surface area contributed by atoms with Crippen LogP contribution in [-0.4, -0.2) is 23.5 Å². The predicted octanol–water partition coefficient (Wildman–Crippen LogP) is 1.07. The molecule has 0 aliphatic rings. The average molecular weight is 443 g/mol. The summed E-state index contributed by atoms with van der Waals surface area (Å²) in [6.45, 7) is 2.09. The maximum atomic E-state index is 10.5. The van der Waals surface area contributed by atoms with Gasteiger partial charge in [-0.05, 0) is 6.42 Å². The fourth-order valence-corrected chi connectivity index (χ4v) is 1.10. The fourth-order valence-electron chi connectivity index (χ4n) is 1.10. The van der Waals surface area contributed by atoms with Crippen molar-refractivity contribution >= 4 is 12.4 Å². The molecule has 0 heterocycles. The number of carboxylic acids is 1. The molecule has 2 N–H and O–H groups in total. The molecule has 0 spiro atoms. The molecule has 14 heavy (non-hydrogen) atoms. The standard InChI is InChI=1S/C9H16NO3.Fm/c1-2-3-4-5-6-8(9(12)13)10-7-11;/h8H,2-6H2,1H3,(H,10,11)(H,12,13);/q-1;/t8-;/m0./s1. The van der Waals surface area contributed by atoms with E-state index in [2.05, 4.69) is 12.2 Å². The normalized spacial score (nSPS) is 11.2. The monoisotopic (exact) mass is 443 g/mol. The van der Waals surface area contributed by atoms with Gasteiger partial charge in [-0.3, -0.25) is 4.79 Å². The van der Waals surface area contributed by atoms with E-state index in [1.54, 1.807) is 0 Å². The number of hydrogen-bond acceptors (Lipinski definition) is 2. The van der Waals surface area contributed by atoms with Crippen molar-refractivity contribution in [3.63, 3.8) is 0 Å². The molecular weight excluding hydrogens is 427 g/mol. The van der Waals surface area contributed by atoms with Crippen LogP contribution in [0, 0.1) is 0 Å². The van der Waals surface area contributed by atoms with Gasteiger partial charge in [-0.25, -0.2) is 0 Å². The number of nitrogens with one attached hydrogen (secondary N) is 1. The summed E-state index contributed by atoms with van der Waals surface area (Å²) in [4.78, 5) is 20.4. The molecular formula is C9H16FmNO3-. The molecule has 1 amide bonds. The Morgan fingerprint density at radius 3 is 2.50 bits per heavy atom. The van der Waals surface area contributed by atoms with Gasteiger partial charge in [0, 0.05) is 0 Å². The Bertz CT molecular complexity index is 164. The second-order valence-corrected chi connectivity index (χ2v) is 2.99. The van der Waals surface area contributed by atoms with E-state index in [0.717, 1.165) is 25.7 Å². The van der Waals surface area contributed by atoms with Crippen molar-refractivity contribution in [3.8, 4) is 0 Å². The SMILES string of the molecule is CCCCCC[C@H](N[C-]=O)C(=O)O.[Fm]. The molecule has 0 radical (unpaired) electrons. The van der Waals surface area contributed by atoms with E-state index in [1.807, 2.05) is 0 Å². The van der Waals surface area contributed by atoms with Gasteiger partial charge in [-0.1, -0.05) is 32.6 Å². The van der Waals surface area contributed by atoms with Crippen LogP contribution in [0.15, 0.2) is 0 Å². The van der Waals surface area contributed by atoms with E-state index in [0.29, 0.717) is 6.42 Å². The van der Waals surface area contributed by atoms with Crippen molar-refractivity contribution in [2.24, 2.45) is 0 Å². The van der Waals surface area contributed by atoms with E-state index < -0.39 is 12.0 Å². The van der Waals surface area contributed by atoms with Crippen LogP contribution >= 0.6 is 0 Å². The molecule has 0 fully saturated rings. The first kappa shape index (κ1) is 14.5. The Labute approximate surface area is 78.3 Å². The summed E-state index contributed by atoms with van der Waals surface area (Å²) in [6, 6.07) is -0.769. The molecule has 0 aliphatic carbocycles. The molecule has 1 atom stereocenters. The zero-order valence-corrected chi connectivity index (χ0v) is 10.6. The number of rotatable bonds is 8. The van der Waals surface area contributed by atoms with E-state index in [1.165, 1.54) is 6.41 Å². The van der Waals surface area contributed by atoms with E-state index in [-0.39, 0.29) is 0 Å². The summed E-state index contributed by atoms with van der Waals surface area (Å²) in [5, 5.41) is 10.8. The van der Waals surface area contributed by atoms with Crippen molar-refractivity contribution in [2.45, 2.75) is 45.1 Å². The third-order valence-electron chi connectivity index (χ3n) is 1.88. The second kappa shape index (κ2) is 9.03. The number of hydrogen-bond donors (Lipinski definition) is 2. The summed E-state index contributed by atoms with van der Waals surface area (Å²) in [5.41, 5.74) is 0. The molecule has 0 rings (SSSR count). The summed E-state index contributed by atoms with van der Waals surface area (Å²) >= 11 is 0. The van der Waals surface area contributed by atoms with Crippen LogP contribution in [0.1, 0.15) is 39.0 Å². The van der Waals surface area contributed by atoms with Gasteiger partial charge in [0.15, 0.2) is 0 Å². The molecule has 5 heteroatoms. The maximum Gasteiger partial charge on any atom is 0.323 e. The van der Waals surface area contributed by atoms with Gasteiger partial charge >= 0.3 is 5.97 Å². The Kier molecular flexibility index (Phi) is 9.33. The number of carbonyl (C=O) groups excluding carboxylic acids is 1. The van der Waals surface area contributed by atoms with Gasteiger partial charge in [0.2, 0.25) is 0 Å². The molecule has 0 bridgehead atoms. The molecule has 0 saturated carbocycles. The molecule has 0 aromatic heterocycles. The fraction of sp³-hybridized carbons (Fsp3) is 0.778. The van der Waals surface area contributed by atoms with Gasteiger partial charge < -0.3 is 15.2 Å². The Balaban J connectivity index is 0. The first-order valence-corrected chi connectivity index (χ1v) is 4.57. The van der Waals surface area contributed by atoms with Crippen molar-refractivity contribution in [2.75, 3.05) is 0 Å². The minimum atomic E-state index is -0.986. The zero-order valence-electron chi connectivity index (χ0n) is 8.17. The average Bonchev–Trinajstić information content (AvgIpc) is 2.10. The topological polar surface area (TPSA) is 66.4 Å². The quantitative estimate of drug-likeness (QED) is 0.335. The third-order valence-corrected chi connectivity index (χ3v) is 1.88. The Morgan fingerprint density at radius 1 is 1.43 bits per heavy atom. The smallest absolute Gasteiger partial charge is 0.323 e. The third kappa shape index (κ3) is 6.64. The van der Waals surface area contributed by atoms with Crippen LogP contribution in [0.5, 0.6) is 0 Å².